The van der Waals surface area contributed by atoms with Gasteiger partial charge in [0, 0.05) is 24.7 Å². The molecule has 0 fully saturated rings. The van der Waals surface area contributed by atoms with E-state index in [1.807, 2.05) is 0 Å². The summed E-state index contributed by atoms with van der Waals surface area (Å²) in [5.74, 6) is -0.363. The van der Waals surface area contributed by atoms with Crippen molar-refractivity contribution in [1.82, 2.24) is 20.5 Å². The van der Waals surface area contributed by atoms with Gasteiger partial charge in [-0.1, -0.05) is 11.3 Å². The molecule has 1 N–H and O–H groups in total. The summed E-state index contributed by atoms with van der Waals surface area (Å²) < 4.78 is 13.6. The van der Waals surface area contributed by atoms with Crippen LogP contribution < -0.4 is 5.32 Å². The second kappa shape index (κ2) is 5.71. The molecule has 0 unspecified atom stereocenters. The van der Waals surface area contributed by atoms with Gasteiger partial charge in [-0.3, -0.25) is 4.98 Å². The Morgan fingerprint density at radius 3 is 2.79 bits per heavy atom. The Bertz CT molecular complexity index is 548. The third kappa shape index (κ3) is 4.04. The molecule has 0 saturated heterocycles. The largest absolute Gasteiger partial charge is 0.312 e. The van der Waals surface area contributed by atoms with Crippen molar-refractivity contribution in [2.45, 2.75) is 32.7 Å². The molecule has 0 saturated carbocycles. The standard InChI is InChI=1S/C13H17FN4S/c1-13(2,3)16-7-5-11-17-18-12(19-11)9-4-6-15-8-10(9)14/h4,6,8,16H,5,7H2,1-3H3. The molecule has 0 bridgehead atoms. The highest BCUT2D eigenvalue weighted by Crippen LogP contribution is 2.25. The Kier molecular flexibility index (Phi) is 4.21. The highest BCUT2D eigenvalue weighted by Gasteiger charge is 2.12. The van der Waals surface area contributed by atoms with E-state index in [0.29, 0.717) is 10.6 Å². The summed E-state index contributed by atoms with van der Waals surface area (Å²) >= 11 is 1.42. The Morgan fingerprint density at radius 1 is 1.32 bits per heavy atom. The van der Waals surface area contributed by atoms with Crippen LogP contribution in [0, 0.1) is 5.82 Å². The monoisotopic (exact) mass is 280 g/mol. The molecule has 0 aromatic carbocycles. The molecule has 2 aromatic rings. The number of nitrogens with zero attached hydrogens (tertiary/aromatic N) is 3. The van der Waals surface area contributed by atoms with Crippen molar-refractivity contribution in [2.75, 3.05) is 6.54 Å². The van der Waals surface area contributed by atoms with Crippen LogP contribution in [0.5, 0.6) is 0 Å². The molecule has 4 nitrogen and oxygen atoms in total. The Hall–Kier alpha value is -1.40. The minimum absolute atomic E-state index is 0.0880. The fourth-order valence-electron chi connectivity index (χ4n) is 1.56. The smallest absolute Gasteiger partial charge is 0.151 e. The van der Waals surface area contributed by atoms with Crippen LogP contribution in [0.2, 0.25) is 0 Å². The summed E-state index contributed by atoms with van der Waals surface area (Å²) in [6.45, 7) is 7.18. The number of pyridine rings is 1. The summed E-state index contributed by atoms with van der Waals surface area (Å²) in [4.78, 5) is 3.73. The van der Waals surface area contributed by atoms with Crippen molar-refractivity contribution in [3.05, 3.63) is 29.3 Å². The highest BCUT2D eigenvalue weighted by molar-refractivity contribution is 7.14. The number of hydrogen-bond acceptors (Lipinski definition) is 5. The van der Waals surface area contributed by atoms with Crippen molar-refractivity contribution >= 4 is 11.3 Å². The third-order valence-corrected chi connectivity index (χ3v) is 3.48. The first-order valence-corrected chi connectivity index (χ1v) is 6.95. The quantitative estimate of drug-likeness (QED) is 0.935. The Balaban J connectivity index is 2.02. The van der Waals surface area contributed by atoms with Gasteiger partial charge in [-0.25, -0.2) is 4.39 Å². The van der Waals surface area contributed by atoms with E-state index in [9.17, 15) is 4.39 Å². The van der Waals surface area contributed by atoms with E-state index in [2.05, 4.69) is 41.3 Å². The molecule has 0 amide bonds. The summed E-state index contributed by atoms with van der Waals surface area (Å²) in [5, 5.41) is 13.0. The van der Waals surface area contributed by atoms with Gasteiger partial charge in [0.1, 0.15) is 5.01 Å². The van der Waals surface area contributed by atoms with Gasteiger partial charge in [-0.2, -0.15) is 0 Å². The molecule has 102 valence electrons. The predicted octanol–water partition coefficient (Wildman–Crippen LogP) is 2.67. The van der Waals surface area contributed by atoms with E-state index < -0.39 is 0 Å². The van der Waals surface area contributed by atoms with Crippen LogP contribution in [-0.4, -0.2) is 27.3 Å². The third-order valence-electron chi connectivity index (χ3n) is 2.46. The van der Waals surface area contributed by atoms with Crippen LogP contribution in [-0.2, 0) is 6.42 Å². The molecule has 0 aliphatic heterocycles. The fraction of sp³-hybridized carbons (Fsp3) is 0.462. The molecule has 0 spiro atoms. The van der Waals surface area contributed by atoms with Gasteiger partial charge in [0.15, 0.2) is 10.8 Å². The first-order chi connectivity index (χ1) is 8.96. The predicted molar refractivity (Wildman–Crippen MR) is 74.6 cm³/mol. The van der Waals surface area contributed by atoms with Gasteiger partial charge in [-0.15, -0.1) is 10.2 Å². The lowest BCUT2D eigenvalue weighted by molar-refractivity contribution is 0.429. The topological polar surface area (TPSA) is 50.7 Å². The second-order valence-electron chi connectivity index (χ2n) is 5.28. The van der Waals surface area contributed by atoms with Gasteiger partial charge in [0.05, 0.1) is 11.8 Å². The molecule has 19 heavy (non-hydrogen) atoms. The average Bonchev–Trinajstić information content (AvgIpc) is 2.76. The lowest BCUT2D eigenvalue weighted by atomic mass is 10.1. The van der Waals surface area contributed by atoms with E-state index in [-0.39, 0.29) is 11.4 Å². The zero-order valence-corrected chi connectivity index (χ0v) is 12.1. The lowest BCUT2D eigenvalue weighted by Crippen LogP contribution is -2.37. The molecule has 2 aromatic heterocycles. The summed E-state index contributed by atoms with van der Waals surface area (Å²) in [6.07, 6.45) is 3.54. The molecule has 0 aliphatic carbocycles. The van der Waals surface area contributed by atoms with Gasteiger partial charge in [-0.05, 0) is 26.8 Å². The highest BCUT2D eigenvalue weighted by atomic mass is 32.1. The molecule has 2 heterocycles. The van der Waals surface area contributed by atoms with Crippen LogP contribution in [0.15, 0.2) is 18.5 Å². The average molecular weight is 280 g/mol. The maximum Gasteiger partial charge on any atom is 0.151 e. The van der Waals surface area contributed by atoms with Crippen LogP contribution in [0.4, 0.5) is 4.39 Å². The summed E-state index contributed by atoms with van der Waals surface area (Å²) in [7, 11) is 0. The number of halogens is 1. The van der Waals surface area contributed by atoms with Crippen LogP contribution >= 0.6 is 11.3 Å². The van der Waals surface area contributed by atoms with E-state index in [0.717, 1.165) is 18.0 Å². The molecular formula is C13H17FN4S. The Morgan fingerprint density at radius 2 is 2.11 bits per heavy atom. The van der Waals surface area contributed by atoms with Gasteiger partial charge in [0.25, 0.3) is 0 Å². The van der Waals surface area contributed by atoms with Crippen molar-refractivity contribution in [1.29, 1.82) is 0 Å². The van der Waals surface area contributed by atoms with E-state index in [1.54, 1.807) is 12.3 Å². The van der Waals surface area contributed by atoms with Crippen molar-refractivity contribution in [3.8, 4) is 10.6 Å². The molecule has 0 atom stereocenters. The molecule has 0 radical (unpaired) electrons. The maximum atomic E-state index is 13.6. The first-order valence-electron chi connectivity index (χ1n) is 6.13. The van der Waals surface area contributed by atoms with Gasteiger partial charge >= 0.3 is 0 Å². The minimum Gasteiger partial charge on any atom is -0.312 e. The number of rotatable bonds is 4. The van der Waals surface area contributed by atoms with Crippen molar-refractivity contribution < 1.29 is 4.39 Å². The number of aromatic nitrogens is 3. The Labute approximate surface area is 116 Å². The molecule has 0 aliphatic rings. The molecule has 6 heteroatoms. The van der Waals surface area contributed by atoms with E-state index in [4.69, 9.17) is 0 Å². The second-order valence-corrected chi connectivity index (χ2v) is 6.35. The van der Waals surface area contributed by atoms with Crippen LogP contribution in [0.3, 0.4) is 0 Å². The maximum absolute atomic E-state index is 13.6. The summed E-state index contributed by atoms with van der Waals surface area (Å²) in [6, 6.07) is 1.62. The van der Waals surface area contributed by atoms with Gasteiger partial charge < -0.3 is 5.32 Å². The first kappa shape index (κ1) is 14.0. The molecular weight excluding hydrogens is 263 g/mol. The zero-order valence-electron chi connectivity index (χ0n) is 11.3. The summed E-state index contributed by atoms with van der Waals surface area (Å²) in [5.41, 5.74) is 0.549. The number of hydrogen-bond donors (Lipinski definition) is 1. The lowest BCUT2D eigenvalue weighted by Gasteiger charge is -2.19. The minimum atomic E-state index is -0.363. The van der Waals surface area contributed by atoms with Crippen LogP contribution in [0.1, 0.15) is 25.8 Å². The zero-order chi connectivity index (χ0) is 13.9. The van der Waals surface area contributed by atoms with Crippen molar-refractivity contribution in [3.63, 3.8) is 0 Å². The number of nitrogens with one attached hydrogen (secondary N) is 1. The van der Waals surface area contributed by atoms with E-state index in [1.165, 1.54) is 17.5 Å². The van der Waals surface area contributed by atoms with E-state index >= 15 is 0 Å². The van der Waals surface area contributed by atoms with Crippen molar-refractivity contribution in [2.24, 2.45) is 0 Å². The fourth-order valence-corrected chi connectivity index (χ4v) is 2.42. The SMILES string of the molecule is CC(C)(C)NCCc1nnc(-c2ccncc2F)s1. The van der Waals surface area contributed by atoms with Gasteiger partial charge in [0.2, 0.25) is 0 Å². The molecule has 2 rings (SSSR count). The normalized spacial score (nSPS) is 11.8. The van der Waals surface area contributed by atoms with Crippen LogP contribution in [0.25, 0.3) is 10.6 Å².